The standard InChI is InChI=1S/C17H24ClNO2/c1-11-5-6-15(18)16(8-11)21-14(4)17(20)19-9-12(2)7-13(3)10-19/h5-6,8,12-14H,7,9-10H2,1-4H3. The van der Waals surface area contributed by atoms with Crippen molar-refractivity contribution in [3.63, 3.8) is 0 Å². The van der Waals surface area contributed by atoms with Gasteiger partial charge in [-0.2, -0.15) is 0 Å². The molecule has 0 spiro atoms. The van der Waals surface area contributed by atoms with Gasteiger partial charge in [0, 0.05) is 13.1 Å². The Labute approximate surface area is 132 Å². The van der Waals surface area contributed by atoms with Crippen LogP contribution in [0.15, 0.2) is 18.2 Å². The third kappa shape index (κ3) is 4.13. The van der Waals surface area contributed by atoms with Gasteiger partial charge in [-0.1, -0.05) is 31.5 Å². The molecule has 0 bridgehead atoms. The van der Waals surface area contributed by atoms with E-state index in [1.807, 2.05) is 24.0 Å². The number of amides is 1. The first-order chi connectivity index (χ1) is 9.86. The highest BCUT2D eigenvalue weighted by atomic mass is 35.5. The van der Waals surface area contributed by atoms with Crippen LogP contribution in [0.2, 0.25) is 5.02 Å². The van der Waals surface area contributed by atoms with E-state index in [4.69, 9.17) is 16.3 Å². The summed E-state index contributed by atoms with van der Waals surface area (Å²) in [5.74, 6) is 1.72. The van der Waals surface area contributed by atoms with Gasteiger partial charge in [0.05, 0.1) is 5.02 Å². The molecule has 1 aliphatic heterocycles. The van der Waals surface area contributed by atoms with Gasteiger partial charge in [-0.05, 0) is 49.8 Å². The summed E-state index contributed by atoms with van der Waals surface area (Å²) in [7, 11) is 0. The average molecular weight is 310 g/mol. The third-order valence-corrected chi connectivity index (χ3v) is 4.23. The third-order valence-electron chi connectivity index (χ3n) is 3.92. The molecule has 21 heavy (non-hydrogen) atoms. The van der Waals surface area contributed by atoms with Crippen LogP contribution in [0.3, 0.4) is 0 Å². The predicted octanol–water partition coefficient (Wildman–Crippen LogP) is 3.92. The summed E-state index contributed by atoms with van der Waals surface area (Å²) in [5.41, 5.74) is 1.06. The van der Waals surface area contributed by atoms with Crippen LogP contribution in [0, 0.1) is 18.8 Å². The Balaban J connectivity index is 2.04. The Morgan fingerprint density at radius 3 is 2.57 bits per heavy atom. The number of hydrogen-bond acceptors (Lipinski definition) is 2. The zero-order chi connectivity index (χ0) is 15.6. The van der Waals surface area contributed by atoms with Crippen LogP contribution in [-0.4, -0.2) is 30.0 Å². The highest BCUT2D eigenvalue weighted by Gasteiger charge is 2.29. The molecule has 1 aromatic carbocycles. The van der Waals surface area contributed by atoms with Crippen LogP contribution < -0.4 is 4.74 Å². The van der Waals surface area contributed by atoms with Gasteiger partial charge < -0.3 is 9.64 Å². The maximum absolute atomic E-state index is 12.5. The molecule has 0 saturated carbocycles. The lowest BCUT2D eigenvalue weighted by atomic mass is 9.91. The molecule has 1 fully saturated rings. The Bertz CT molecular complexity index is 508. The molecule has 3 atom stereocenters. The molecule has 0 radical (unpaired) electrons. The van der Waals surface area contributed by atoms with Crippen molar-refractivity contribution in [3.05, 3.63) is 28.8 Å². The second-order valence-corrected chi connectivity index (χ2v) is 6.79. The Hall–Kier alpha value is -1.22. The molecule has 0 aliphatic carbocycles. The minimum atomic E-state index is -0.512. The molecule has 1 aliphatic rings. The molecule has 1 aromatic rings. The highest BCUT2D eigenvalue weighted by Crippen LogP contribution is 2.27. The fourth-order valence-electron chi connectivity index (χ4n) is 3.04. The van der Waals surface area contributed by atoms with E-state index in [2.05, 4.69) is 13.8 Å². The van der Waals surface area contributed by atoms with Gasteiger partial charge in [0.25, 0.3) is 5.91 Å². The minimum absolute atomic E-state index is 0.0472. The average Bonchev–Trinajstić information content (AvgIpc) is 2.41. The second-order valence-electron chi connectivity index (χ2n) is 6.38. The molecule has 116 valence electrons. The maximum atomic E-state index is 12.5. The Morgan fingerprint density at radius 1 is 1.33 bits per heavy atom. The SMILES string of the molecule is Cc1ccc(Cl)c(OC(C)C(=O)N2CC(C)CC(C)C2)c1. The van der Waals surface area contributed by atoms with Crippen LogP contribution in [0.5, 0.6) is 5.75 Å². The Morgan fingerprint density at radius 2 is 1.95 bits per heavy atom. The van der Waals surface area contributed by atoms with E-state index in [-0.39, 0.29) is 5.91 Å². The number of benzene rings is 1. The van der Waals surface area contributed by atoms with Crippen LogP contribution in [0.25, 0.3) is 0 Å². The van der Waals surface area contributed by atoms with E-state index >= 15 is 0 Å². The number of carbonyl (C=O) groups excluding carboxylic acids is 1. The quantitative estimate of drug-likeness (QED) is 0.847. The number of halogens is 1. The molecule has 0 N–H and O–H groups in total. The number of carbonyl (C=O) groups is 1. The number of likely N-dealkylation sites (tertiary alicyclic amines) is 1. The molecule has 4 heteroatoms. The predicted molar refractivity (Wildman–Crippen MR) is 85.8 cm³/mol. The lowest BCUT2D eigenvalue weighted by Crippen LogP contribution is -2.47. The molecular formula is C17H24ClNO2. The van der Waals surface area contributed by atoms with Crippen LogP contribution in [0.1, 0.15) is 32.8 Å². The van der Waals surface area contributed by atoms with Gasteiger partial charge in [-0.3, -0.25) is 4.79 Å². The summed E-state index contributed by atoms with van der Waals surface area (Å²) >= 11 is 6.13. The van der Waals surface area contributed by atoms with E-state index in [0.29, 0.717) is 22.6 Å². The van der Waals surface area contributed by atoms with Gasteiger partial charge in [-0.25, -0.2) is 0 Å². The normalized spacial score (nSPS) is 23.8. The highest BCUT2D eigenvalue weighted by molar-refractivity contribution is 6.32. The van der Waals surface area contributed by atoms with Crippen molar-refractivity contribution in [2.75, 3.05) is 13.1 Å². The molecule has 1 amide bonds. The van der Waals surface area contributed by atoms with Crippen molar-refractivity contribution in [2.24, 2.45) is 11.8 Å². The molecular weight excluding hydrogens is 286 g/mol. The zero-order valence-corrected chi connectivity index (χ0v) is 14.0. The minimum Gasteiger partial charge on any atom is -0.479 e. The van der Waals surface area contributed by atoms with Crippen molar-refractivity contribution in [3.8, 4) is 5.75 Å². The number of piperidine rings is 1. The first kappa shape index (κ1) is 16.2. The number of ether oxygens (including phenoxy) is 1. The van der Waals surface area contributed by atoms with Crippen molar-refractivity contribution >= 4 is 17.5 Å². The monoisotopic (exact) mass is 309 g/mol. The van der Waals surface area contributed by atoms with Gasteiger partial charge in [-0.15, -0.1) is 0 Å². The summed E-state index contributed by atoms with van der Waals surface area (Å²) in [4.78, 5) is 14.5. The van der Waals surface area contributed by atoms with Gasteiger partial charge >= 0.3 is 0 Å². The summed E-state index contributed by atoms with van der Waals surface area (Å²) in [6, 6.07) is 5.59. The number of hydrogen-bond donors (Lipinski definition) is 0. The molecule has 1 heterocycles. The van der Waals surface area contributed by atoms with Gasteiger partial charge in [0.1, 0.15) is 5.75 Å². The number of rotatable bonds is 3. The summed E-state index contributed by atoms with van der Waals surface area (Å²) < 4.78 is 5.79. The fraction of sp³-hybridized carbons (Fsp3) is 0.588. The summed E-state index contributed by atoms with van der Waals surface area (Å²) in [6.45, 7) is 9.79. The largest absolute Gasteiger partial charge is 0.479 e. The maximum Gasteiger partial charge on any atom is 0.263 e. The van der Waals surface area contributed by atoms with Crippen molar-refractivity contribution < 1.29 is 9.53 Å². The van der Waals surface area contributed by atoms with Gasteiger partial charge in [0.2, 0.25) is 0 Å². The van der Waals surface area contributed by atoms with Crippen molar-refractivity contribution in [1.82, 2.24) is 4.90 Å². The van der Waals surface area contributed by atoms with Crippen molar-refractivity contribution in [1.29, 1.82) is 0 Å². The van der Waals surface area contributed by atoms with Crippen LogP contribution in [-0.2, 0) is 4.79 Å². The fourth-order valence-corrected chi connectivity index (χ4v) is 3.20. The molecule has 3 unspecified atom stereocenters. The Kier molecular flexibility index (Phi) is 5.15. The second kappa shape index (κ2) is 6.69. The van der Waals surface area contributed by atoms with E-state index in [1.165, 1.54) is 6.42 Å². The number of aryl methyl sites for hydroxylation is 1. The molecule has 0 aromatic heterocycles. The summed E-state index contributed by atoms with van der Waals surface area (Å²) in [6.07, 6.45) is 0.671. The molecule has 3 nitrogen and oxygen atoms in total. The lowest BCUT2D eigenvalue weighted by Gasteiger charge is -2.36. The first-order valence-electron chi connectivity index (χ1n) is 7.58. The summed E-state index contributed by atoms with van der Waals surface area (Å²) in [5, 5.41) is 0.542. The van der Waals surface area contributed by atoms with Crippen LogP contribution in [0.4, 0.5) is 0 Å². The molecule has 1 saturated heterocycles. The topological polar surface area (TPSA) is 29.5 Å². The van der Waals surface area contributed by atoms with E-state index in [0.717, 1.165) is 18.7 Å². The first-order valence-corrected chi connectivity index (χ1v) is 7.96. The van der Waals surface area contributed by atoms with Crippen LogP contribution >= 0.6 is 11.6 Å². The van der Waals surface area contributed by atoms with Gasteiger partial charge in [0.15, 0.2) is 6.10 Å². The molecule has 2 rings (SSSR count). The lowest BCUT2D eigenvalue weighted by molar-refractivity contribution is -0.140. The smallest absolute Gasteiger partial charge is 0.263 e. The van der Waals surface area contributed by atoms with E-state index in [1.54, 1.807) is 13.0 Å². The number of nitrogens with zero attached hydrogens (tertiary/aromatic N) is 1. The zero-order valence-electron chi connectivity index (χ0n) is 13.2. The van der Waals surface area contributed by atoms with Crippen molar-refractivity contribution in [2.45, 2.75) is 40.2 Å². The van der Waals surface area contributed by atoms with E-state index < -0.39 is 6.10 Å². The van der Waals surface area contributed by atoms with E-state index in [9.17, 15) is 4.79 Å².